The molecule has 1 nitrogen and oxygen atoms in total. The zero-order valence-corrected chi connectivity index (χ0v) is 12.0. The quantitative estimate of drug-likeness (QED) is 0.712. The molecule has 1 heterocycles. The van der Waals surface area contributed by atoms with Crippen molar-refractivity contribution in [2.75, 3.05) is 6.61 Å². The van der Waals surface area contributed by atoms with Crippen molar-refractivity contribution in [3.8, 4) is 0 Å². The van der Waals surface area contributed by atoms with E-state index in [1.165, 1.54) is 11.1 Å². The first-order chi connectivity index (χ1) is 8.00. The summed E-state index contributed by atoms with van der Waals surface area (Å²) < 4.78 is 5.72. The largest absolute Gasteiger partial charge is 0.376 e. The minimum Gasteiger partial charge on any atom is -0.376 e. The second-order valence-corrected chi connectivity index (χ2v) is 5.84. The highest BCUT2D eigenvalue weighted by Gasteiger charge is 2.32. The molecule has 3 unspecified atom stereocenters. The summed E-state index contributed by atoms with van der Waals surface area (Å²) in [4.78, 5) is 0. The number of ether oxygens (including phenoxy) is 1. The molecule has 0 radical (unpaired) electrons. The molecule has 1 aromatic rings. The van der Waals surface area contributed by atoms with Gasteiger partial charge in [0.15, 0.2) is 0 Å². The number of hydrogen-bond donors (Lipinski definition) is 0. The molecular weight excluding hydrogens is 255 g/mol. The zero-order valence-electron chi connectivity index (χ0n) is 10.5. The van der Waals surface area contributed by atoms with Crippen molar-refractivity contribution >= 4 is 23.2 Å². The fraction of sp³-hybridized carbons (Fsp3) is 0.571. The van der Waals surface area contributed by atoms with E-state index < -0.39 is 0 Å². The third kappa shape index (κ3) is 2.62. The van der Waals surface area contributed by atoms with Gasteiger partial charge in [-0.15, -0.1) is 11.6 Å². The summed E-state index contributed by atoms with van der Waals surface area (Å²) in [5.74, 6) is 0.496. The van der Waals surface area contributed by atoms with Gasteiger partial charge in [-0.05, 0) is 48.9 Å². The molecule has 1 saturated heterocycles. The van der Waals surface area contributed by atoms with Gasteiger partial charge in [-0.2, -0.15) is 0 Å². The van der Waals surface area contributed by atoms with E-state index in [2.05, 4.69) is 26.8 Å². The summed E-state index contributed by atoms with van der Waals surface area (Å²) >= 11 is 12.8. The van der Waals surface area contributed by atoms with Crippen LogP contribution in [0.1, 0.15) is 35.4 Å². The average molecular weight is 273 g/mol. The molecule has 1 aliphatic heterocycles. The lowest BCUT2D eigenvalue weighted by molar-refractivity contribution is 0.0903. The lowest BCUT2D eigenvalue weighted by atomic mass is 9.95. The third-order valence-corrected chi connectivity index (χ3v) is 4.45. The molecule has 1 fully saturated rings. The number of alkyl halides is 1. The van der Waals surface area contributed by atoms with E-state index in [1.54, 1.807) is 0 Å². The summed E-state index contributed by atoms with van der Waals surface area (Å²) in [5, 5.41) is 0.593. The van der Waals surface area contributed by atoms with Gasteiger partial charge in [0.2, 0.25) is 0 Å². The first-order valence-corrected chi connectivity index (χ1v) is 6.84. The Morgan fingerprint density at radius 2 is 1.94 bits per heavy atom. The van der Waals surface area contributed by atoms with Crippen molar-refractivity contribution in [2.45, 2.75) is 38.7 Å². The van der Waals surface area contributed by atoms with Crippen LogP contribution in [0, 0.1) is 19.8 Å². The van der Waals surface area contributed by atoms with Gasteiger partial charge >= 0.3 is 0 Å². The van der Waals surface area contributed by atoms with Gasteiger partial charge in [0.1, 0.15) is 0 Å². The predicted molar refractivity (Wildman–Crippen MR) is 73.0 cm³/mol. The van der Waals surface area contributed by atoms with Gasteiger partial charge in [0.25, 0.3) is 0 Å². The van der Waals surface area contributed by atoms with Crippen LogP contribution in [-0.2, 0) is 4.74 Å². The van der Waals surface area contributed by atoms with E-state index in [1.807, 2.05) is 6.07 Å². The number of aryl methyl sites for hydroxylation is 2. The lowest BCUT2D eigenvalue weighted by Gasteiger charge is -2.22. The molecule has 0 amide bonds. The van der Waals surface area contributed by atoms with Crippen molar-refractivity contribution in [1.82, 2.24) is 0 Å². The van der Waals surface area contributed by atoms with E-state index in [-0.39, 0.29) is 11.5 Å². The summed E-state index contributed by atoms with van der Waals surface area (Å²) in [5.41, 5.74) is 3.42. The second-order valence-electron chi connectivity index (χ2n) is 4.96. The molecule has 17 heavy (non-hydrogen) atoms. The molecule has 1 aromatic carbocycles. The normalized spacial score (nSPS) is 26.2. The predicted octanol–water partition coefficient (Wildman–Crippen LogP) is 4.66. The van der Waals surface area contributed by atoms with Crippen LogP contribution in [0.2, 0.25) is 5.02 Å². The Kier molecular flexibility index (Phi) is 4.02. The van der Waals surface area contributed by atoms with Crippen molar-refractivity contribution in [1.29, 1.82) is 0 Å². The van der Waals surface area contributed by atoms with Crippen LogP contribution in [0.3, 0.4) is 0 Å². The Bertz CT molecular complexity index is 417. The topological polar surface area (TPSA) is 9.23 Å². The van der Waals surface area contributed by atoms with Gasteiger partial charge in [0, 0.05) is 11.6 Å². The van der Waals surface area contributed by atoms with Crippen LogP contribution in [0.4, 0.5) is 0 Å². The van der Waals surface area contributed by atoms with E-state index in [9.17, 15) is 0 Å². The van der Waals surface area contributed by atoms with E-state index in [0.717, 1.165) is 23.6 Å². The van der Waals surface area contributed by atoms with Crippen LogP contribution in [0.15, 0.2) is 12.1 Å². The Morgan fingerprint density at radius 3 is 2.53 bits per heavy atom. The summed E-state index contributed by atoms with van der Waals surface area (Å²) in [6, 6.07) is 4.07. The van der Waals surface area contributed by atoms with Gasteiger partial charge in [-0.25, -0.2) is 0 Å². The van der Waals surface area contributed by atoms with E-state index in [0.29, 0.717) is 5.92 Å². The molecule has 0 aliphatic carbocycles. The summed E-state index contributed by atoms with van der Waals surface area (Å²) in [6.45, 7) is 7.13. The zero-order chi connectivity index (χ0) is 12.6. The van der Waals surface area contributed by atoms with Gasteiger partial charge < -0.3 is 4.74 Å². The van der Waals surface area contributed by atoms with Crippen LogP contribution >= 0.6 is 23.2 Å². The molecule has 0 N–H and O–H groups in total. The third-order valence-electron chi connectivity index (χ3n) is 3.64. The molecule has 1 aliphatic rings. The van der Waals surface area contributed by atoms with Crippen LogP contribution in [-0.4, -0.2) is 12.7 Å². The summed E-state index contributed by atoms with van der Waals surface area (Å²) in [7, 11) is 0. The monoisotopic (exact) mass is 272 g/mol. The second kappa shape index (κ2) is 5.17. The number of benzene rings is 1. The number of rotatable bonds is 2. The SMILES string of the molecule is Cc1cc(Cl)c(C(Cl)C2OCCC2C)cc1C. The molecule has 2 rings (SSSR count). The molecule has 3 atom stereocenters. The standard InChI is InChI=1S/C14H18Cl2O/c1-8-4-5-17-14(8)13(16)11-6-9(2)10(3)7-12(11)15/h6-8,13-14H,4-5H2,1-3H3. The smallest absolute Gasteiger partial charge is 0.0864 e. The van der Waals surface area contributed by atoms with E-state index in [4.69, 9.17) is 27.9 Å². The van der Waals surface area contributed by atoms with Crippen molar-refractivity contribution in [3.05, 3.63) is 33.8 Å². The molecule has 0 spiro atoms. The van der Waals surface area contributed by atoms with Crippen LogP contribution in [0.5, 0.6) is 0 Å². The van der Waals surface area contributed by atoms with Gasteiger partial charge in [-0.1, -0.05) is 24.6 Å². The summed E-state index contributed by atoms with van der Waals surface area (Å²) in [6.07, 6.45) is 1.16. The number of hydrogen-bond acceptors (Lipinski definition) is 1. The van der Waals surface area contributed by atoms with E-state index >= 15 is 0 Å². The highest BCUT2D eigenvalue weighted by atomic mass is 35.5. The minimum absolute atomic E-state index is 0.0799. The lowest BCUT2D eigenvalue weighted by Crippen LogP contribution is -2.19. The molecule has 0 bridgehead atoms. The maximum atomic E-state index is 6.53. The Balaban J connectivity index is 2.30. The highest BCUT2D eigenvalue weighted by Crippen LogP contribution is 2.39. The Morgan fingerprint density at radius 1 is 1.29 bits per heavy atom. The molecule has 94 valence electrons. The molecule has 0 saturated carbocycles. The average Bonchev–Trinajstić information content (AvgIpc) is 2.69. The van der Waals surface area contributed by atoms with Crippen LogP contribution < -0.4 is 0 Å². The van der Waals surface area contributed by atoms with Gasteiger partial charge in [0.05, 0.1) is 11.5 Å². The highest BCUT2D eigenvalue weighted by molar-refractivity contribution is 6.33. The van der Waals surface area contributed by atoms with Crippen LogP contribution in [0.25, 0.3) is 0 Å². The minimum atomic E-state index is -0.153. The first-order valence-electron chi connectivity index (χ1n) is 6.03. The fourth-order valence-corrected chi connectivity index (χ4v) is 3.18. The molecule has 0 aromatic heterocycles. The Hall–Kier alpha value is -0.240. The Labute approximate surface area is 113 Å². The molecule has 3 heteroatoms. The van der Waals surface area contributed by atoms with Gasteiger partial charge in [-0.3, -0.25) is 0 Å². The molecular formula is C14H18Cl2O. The van der Waals surface area contributed by atoms with Crippen molar-refractivity contribution in [3.63, 3.8) is 0 Å². The fourth-order valence-electron chi connectivity index (χ4n) is 2.28. The first kappa shape index (κ1) is 13.2. The maximum Gasteiger partial charge on any atom is 0.0864 e. The number of halogens is 2. The maximum absolute atomic E-state index is 6.53. The van der Waals surface area contributed by atoms with Crippen molar-refractivity contribution < 1.29 is 4.74 Å². The van der Waals surface area contributed by atoms with Crippen molar-refractivity contribution in [2.24, 2.45) is 5.92 Å².